The molecule has 7 heteroatoms. The number of alkyl halides is 3. The van der Waals surface area contributed by atoms with Crippen molar-refractivity contribution in [2.75, 3.05) is 13.6 Å². The van der Waals surface area contributed by atoms with Gasteiger partial charge in [0.05, 0.1) is 23.3 Å². The van der Waals surface area contributed by atoms with E-state index in [-0.39, 0.29) is 5.56 Å². The van der Waals surface area contributed by atoms with Crippen molar-refractivity contribution >= 4 is 16.8 Å². The summed E-state index contributed by atoms with van der Waals surface area (Å²) in [6.45, 7) is 2.72. The number of pyridine rings is 1. The van der Waals surface area contributed by atoms with Crippen LogP contribution >= 0.6 is 0 Å². The molecule has 2 rings (SSSR count). The second-order valence-corrected chi connectivity index (χ2v) is 5.56. The molecule has 23 heavy (non-hydrogen) atoms. The van der Waals surface area contributed by atoms with E-state index in [9.17, 15) is 18.0 Å². The molecule has 0 aliphatic rings. The molecule has 1 amide bonds. The Morgan fingerprint density at radius 2 is 1.96 bits per heavy atom. The predicted octanol–water partition coefficient (Wildman–Crippen LogP) is 2.85. The highest BCUT2D eigenvalue weighted by atomic mass is 19.4. The molecule has 2 aromatic rings. The van der Waals surface area contributed by atoms with Gasteiger partial charge in [0.1, 0.15) is 0 Å². The zero-order valence-corrected chi connectivity index (χ0v) is 13.0. The molecule has 1 aromatic heterocycles. The van der Waals surface area contributed by atoms with Crippen LogP contribution in [-0.4, -0.2) is 46.8 Å². The van der Waals surface area contributed by atoms with Gasteiger partial charge in [-0.1, -0.05) is 12.1 Å². The van der Waals surface area contributed by atoms with E-state index < -0.39 is 24.7 Å². The van der Waals surface area contributed by atoms with E-state index in [2.05, 4.69) is 4.98 Å². The Kier molecular flexibility index (Phi) is 4.61. The Hall–Kier alpha value is -2.15. The van der Waals surface area contributed by atoms with Crippen LogP contribution in [0.15, 0.2) is 24.3 Å². The first-order valence-corrected chi connectivity index (χ1v) is 6.98. The second-order valence-electron chi connectivity index (χ2n) is 5.56. The lowest BCUT2D eigenvalue weighted by atomic mass is 10.1. The van der Waals surface area contributed by atoms with Crippen LogP contribution in [-0.2, 0) is 0 Å². The molecule has 0 fully saturated rings. The number of carbonyl (C=O) groups is 1. The first-order chi connectivity index (χ1) is 10.6. The zero-order chi connectivity index (χ0) is 17.4. The number of halogens is 3. The summed E-state index contributed by atoms with van der Waals surface area (Å²) in [4.78, 5) is 17.5. The van der Waals surface area contributed by atoms with Crippen molar-refractivity contribution in [2.45, 2.75) is 26.1 Å². The molecule has 1 atom stereocenters. The number of aromatic nitrogens is 1. The minimum Gasteiger partial charge on any atom is -0.382 e. The van der Waals surface area contributed by atoms with Gasteiger partial charge in [-0.3, -0.25) is 9.78 Å². The number of rotatable bonds is 3. The van der Waals surface area contributed by atoms with Gasteiger partial charge in [0.15, 0.2) is 6.10 Å². The van der Waals surface area contributed by atoms with Crippen molar-refractivity contribution in [1.82, 2.24) is 9.88 Å². The van der Waals surface area contributed by atoms with E-state index in [0.717, 1.165) is 21.4 Å². The summed E-state index contributed by atoms with van der Waals surface area (Å²) in [6, 6.07) is 7.15. The predicted molar refractivity (Wildman–Crippen MR) is 80.2 cm³/mol. The Morgan fingerprint density at radius 3 is 2.57 bits per heavy atom. The SMILES string of the molecule is Cc1ccc2cc(C(=O)N(C)CC(O)C(F)(F)F)c(C)nc2c1. The summed E-state index contributed by atoms with van der Waals surface area (Å²) < 4.78 is 37.2. The lowest BCUT2D eigenvalue weighted by molar-refractivity contribution is -0.205. The van der Waals surface area contributed by atoms with E-state index in [1.165, 1.54) is 7.05 Å². The minimum absolute atomic E-state index is 0.221. The molecule has 1 N–H and O–H groups in total. The number of nitrogens with zero attached hydrogens (tertiary/aromatic N) is 2. The standard InChI is InChI=1S/C16H17F3N2O2/c1-9-4-5-11-7-12(10(2)20-13(11)6-9)15(23)21(3)8-14(22)16(17,18)19/h4-7,14,22H,8H2,1-3H3. The normalized spacial score (nSPS) is 13.2. The van der Waals surface area contributed by atoms with Gasteiger partial charge < -0.3 is 10.0 Å². The number of hydrogen-bond acceptors (Lipinski definition) is 3. The molecule has 1 unspecified atom stereocenters. The number of hydrogen-bond donors (Lipinski definition) is 1. The molecule has 0 saturated heterocycles. The lowest BCUT2D eigenvalue weighted by Crippen LogP contribution is -2.42. The van der Waals surface area contributed by atoms with Gasteiger partial charge in [0.2, 0.25) is 0 Å². The monoisotopic (exact) mass is 326 g/mol. The summed E-state index contributed by atoms with van der Waals surface area (Å²) in [5, 5.41) is 9.82. The molecule has 1 aromatic carbocycles. The van der Waals surface area contributed by atoms with Crippen LogP contribution in [0.1, 0.15) is 21.6 Å². The smallest absolute Gasteiger partial charge is 0.382 e. The summed E-state index contributed by atoms with van der Waals surface area (Å²) >= 11 is 0. The highest BCUT2D eigenvalue weighted by Crippen LogP contribution is 2.22. The number of carbonyl (C=O) groups excluding carboxylic acids is 1. The first-order valence-electron chi connectivity index (χ1n) is 6.98. The van der Waals surface area contributed by atoms with Gasteiger partial charge in [0, 0.05) is 12.4 Å². The zero-order valence-electron chi connectivity index (χ0n) is 13.0. The van der Waals surface area contributed by atoms with Gasteiger partial charge in [-0.05, 0) is 31.5 Å². The molecular weight excluding hydrogens is 309 g/mol. The fourth-order valence-corrected chi connectivity index (χ4v) is 2.24. The highest BCUT2D eigenvalue weighted by Gasteiger charge is 2.39. The number of aliphatic hydroxyl groups is 1. The number of fused-ring (bicyclic) bond motifs is 1. The van der Waals surface area contributed by atoms with Gasteiger partial charge >= 0.3 is 6.18 Å². The Morgan fingerprint density at radius 1 is 1.30 bits per heavy atom. The summed E-state index contributed by atoms with van der Waals surface area (Å²) in [6.07, 6.45) is -7.34. The van der Waals surface area contributed by atoms with Crippen LogP contribution in [0, 0.1) is 13.8 Å². The van der Waals surface area contributed by atoms with E-state index in [4.69, 9.17) is 5.11 Å². The number of aryl methyl sites for hydroxylation is 2. The van der Waals surface area contributed by atoms with Crippen LogP contribution in [0.3, 0.4) is 0 Å². The summed E-state index contributed by atoms with van der Waals surface area (Å²) in [5.74, 6) is -0.610. The van der Waals surface area contributed by atoms with Gasteiger partial charge in [0.25, 0.3) is 5.91 Å². The number of benzene rings is 1. The van der Waals surface area contributed by atoms with Crippen LogP contribution in [0.25, 0.3) is 10.9 Å². The average Bonchev–Trinajstić information content (AvgIpc) is 2.44. The Balaban J connectivity index is 2.30. The van der Waals surface area contributed by atoms with E-state index in [1.54, 1.807) is 19.1 Å². The second kappa shape index (κ2) is 6.16. The Bertz CT molecular complexity index is 744. The topological polar surface area (TPSA) is 53.4 Å². The number of aliphatic hydroxyl groups excluding tert-OH is 1. The molecule has 0 aliphatic heterocycles. The minimum atomic E-state index is -4.76. The fourth-order valence-electron chi connectivity index (χ4n) is 2.24. The molecule has 124 valence electrons. The van der Waals surface area contributed by atoms with Gasteiger partial charge in [-0.25, -0.2) is 0 Å². The third-order valence-electron chi connectivity index (χ3n) is 3.57. The third kappa shape index (κ3) is 3.79. The largest absolute Gasteiger partial charge is 0.416 e. The Labute approximate surface area is 131 Å². The van der Waals surface area contributed by atoms with Gasteiger partial charge in [-0.15, -0.1) is 0 Å². The third-order valence-corrected chi connectivity index (χ3v) is 3.57. The average molecular weight is 326 g/mol. The number of likely N-dealkylation sites (N-methyl/N-ethyl adjacent to an activating group) is 1. The summed E-state index contributed by atoms with van der Waals surface area (Å²) in [7, 11) is 1.22. The van der Waals surface area contributed by atoms with Crippen molar-refractivity contribution in [3.8, 4) is 0 Å². The molecule has 0 saturated carbocycles. The van der Waals surface area contributed by atoms with Crippen LogP contribution in [0.5, 0.6) is 0 Å². The van der Waals surface area contributed by atoms with Crippen LogP contribution in [0.4, 0.5) is 13.2 Å². The lowest BCUT2D eigenvalue weighted by Gasteiger charge is -2.23. The molecule has 0 bridgehead atoms. The van der Waals surface area contributed by atoms with E-state index in [1.807, 2.05) is 19.1 Å². The maximum Gasteiger partial charge on any atom is 0.416 e. The molecule has 1 heterocycles. The van der Waals surface area contributed by atoms with Crippen molar-refractivity contribution in [1.29, 1.82) is 0 Å². The molecule has 0 spiro atoms. The van der Waals surface area contributed by atoms with Crippen LogP contribution < -0.4 is 0 Å². The summed E-state index contributed by atoms with van der Waals surface area (Å²) in [5.41, 5.74) is 2.39. The van der Waals surface area contributed by atoms with Crippen molar-refractivity contribution in [3.63, 3.8) is 0 Å². The van der Waals surface area contributed by atoms with Crippen LogP contribution in [0.2, 0.25) is 0 Å². The maximum atomic E-state index is 12.4. The molecule has 0 aliphatic carbocycles. The van der Waals surface area contributed by atoms with Crippen molar-refractivity contribution in [3.05, 3.63) is 41.1 Å². The first kappa shape index (κ1) is 17.2. The molecule has 0 radical (unpaired) electrons. The quantitative estimate of drug-likeness (QED) is 0.944. The molecule has 4 nitrogen and oxygen atoms in total. The molecular formula is C16H17F3N2O2. The van der Waals surface area contributed by atoms with E-state index in [0.29, 0.717) is 5.69 Å². The van der Waals surface area contributed by atoms with Crippen molar-refractivity contribution < 1.29 is 23.1 Å². The van der Waals surface area contributed by atoms with Gasteiger partial charge in [-0.2, -0.15) is 13.2 Å². The number of amides is 1. The maximum absolute atomic E-state index is 12.4. The highest BCUT2D eigenvalue weighted by molar-refractivity contribution is 5.98. The fraction of sp³-hybridized carbons (Fsp3) is 0.375. The van der Waals surface area contributed by atoms with Crippen molar-refractivity contribution in [2.24, 2.45) is 0 Å². The van der Waals surface area contributed by atoms with E-state index >= 15 is 0 Å².